The second kappa shape index (κ2) is 5.50. The van der Waals surface area contributed by atoms with Gasteiger partial charge in [0.2, 0.25) is 5.91 Å². The molecule has 0 saturated heterocycles. The molecule has 1 aliphatic carbocycles. The van der Waals surface area contributed by atoms with Crippen LogP contribution in [0.25, 0.3) is 0 Å². The zero-order valence-corrected chi connectivity index (χ0v) is 10.1. The van der Waals surface area contributed by atoms with E-state index < -0.39 is 0 Å². The minimum atomic E-state index is -0.000874. The molecule has 0 aromatic rings. The van der Waals surface area contributed by atoms with Crippen LogP contribution in [0.4, 0.5) is 0 Å². The summed E-state index contributed by atoms with van der Waals surface area (Å²) in [6.07, 6.45) is 2.15. The highest BCUT2D eigenvalue weighted by atomic mass is 16.1. The molecule has 1 fully saturated rings. The molecule has 3 nitrogen and oxygen atoms in total. The lowest BCUT2D eigenvalue weighted by Gasteiger charge is -2.16. The average molecular weight is 212 g/mol. The SMILES string of the molecule is CC(C)CC(CN)C(=O)NCC1CC1C. The van der Waals surface area contributed by atoms with Crippen LogP contribution in [0.2, 0.25) is 0 Å². The van der Waals surface area contributed by atoms with Crippen molar-refractivity contribution in [1.29, 1.82) is 0 Å². The summed E-state index contributed by atoms with van der Waals surface area (Å²) in [5.41, 5.74) is 5.61. The molecule has 15 heavy (non-hydrogen) atoms. The summed E-state index contributed by atoms with van der Waals surface area (Å²) in [6, 6.07) is 0. The first-order valence-electron chi connectivity index (χ1n) is 6.02. The van der Waals surface area contributed by atoms with Crippen LogP contribution in [0, 0.1) is 23.7 Å². The summed E-state index contributed by atoms with van der Waals surface area (Å²) in [4.78, 5) is 11.8. The molecule has 0 aliphatic heterocycles. The molecule has 3 atom stereocenters. The molecule has 0 aromatic heterocycles. The van der Waals surface area contributed by atoms with Crippen molar-refractivity contribution < 1.29 is 4.79 Å². The van der Waals surface area contributed by atoms with Crippen molar-refractivity contribution in [2.24, 2.45) is 29.4 Å². The summed E-state index contributed by atoms with van der Waals surface area (Å²) >= 11 is 0. The van der Waals surface area contributed by atoms with Gasteiger partial charge in [-0.3, -0.25) is 4.79 Å². The molecule has 1 saturated carbocycles. The highest BCUT2D eigenvalue weighted by Crippen LogP contribution is 2.36. The maximum Gasteiger partial charge on any atom is 0.224 e. The summed E-state index contributed by atoms with van der Waals surface area (Å²) < 4.78 is 0. The third-order valence-electron chi connectivity index (χ3n) is 3.23. The van der Waals surface area contributed by atoms with Crippen molar-refractivity contribution in [3.63, 3.8) is 0 Å². The summed E-state index contributed by atoms with van der Waals surface area (Å²) in [6.45, 7) is 7.78. The molecule has 0 aromatic carbocycles. The minimum Gasteiger partial charge on any atom is -0.356 e. The van der Waals surface area contributed by atoms with Crippen LogP contribution >= 0.6 is 0 Å². The first kappa shape index (κ1) is 12.5. The van der Waals surface area contributed by atoms with E-state index in [-0.39, 0.29) is 11.8 Å². The highest BCUT2D eigenvalue weighted by Gasteiger charge is 2.32. The van der Waals surface area contributed by atoms with E-state index >= 15 is 0 Å². The van der Waals surface area contributed by atoms with Gasteiger partial charge in [-0.15, -0.1) is 0 Å². The number of rotatable bonds is 6. The molecule has 3 unspecified atom stereocenters. The van der Waals surface area contributed by atoms with E-state index in [9.17, 15) is 4.79 Å². The van der Waals surface area contributed by atoms with Crippen LogP contribution in [0.3, 0.4) is 0 Å². The predicted molar refractivity (Wildman–Crippen MR) is 62.3 cm³/mol. The topological polar surface area (TPSA) is 55.1 Å². The molecular weight excluding hydrogens is 188 g/mol. The van der Waals surface area contributed by atoms with E-state index in [0.717, 1.165) is 18.9 Å². The number of nitrogens with two attached hydrogens (primary N) is 1. The smallest absolute Gasteiger partial charge is 0.224 e. The van der Waals surface area contributed by atoms with Crippen LogP contribution in [-0.2, 0) is 4.79 Å². The van der Waals surface area contributed by atoms with Gasteiger partial charge >= 0.3 is 0 Å². The van der Waals surface area contributed by atoms with Gasteiger partial charge in [0.15, 0.2) is 0 Å². The molecule has 0 radical (unpaired) electrons. The molecule has 1 rings (SSSR count). The molecule has 0 heterocycles. The maximum atomic E-state index is 11.8. The largest absolute Gasteiger partial charge is 0.356 e. The van der Waals surface area contributed by atoms with Crippen molar-refractivity contribution in [1.82, 2.24) is 5.32 Å². The number of hydrogen-bond acceptors (Lipinski definition) is 2. The van der Waals surface area contributed by atoms with Crippen molar-refractivity contribution in [2.45, 2.75) is 33.6 Å². The number of hydrogen-bond donors (Lipinski definition) is 2. The van der Waals surface area contributed by atoms with Crippen LogP contribution in [-0.4, -0.2) is 19.0 Å². The van der Waals surface area contributed by atoms with Crippen LogP contribution in [0.5, 0.6) is 0 Å². The van der Waals surface area contributed by atoms with E-state index in [1.54, 1.807) is 0 Å². The van der Waals surface area contributed by atoms with Crippen LogP contribution < -0.4 is 11.1 Å². The quantitative estimate of drug-likeness (QED) is 0.699. The first-order chi connectivity index (χ1) is 7.04. The van der Waals surface area contributed by atoms with E-state index in [4.69, 9.17) is 5.73 Å². The molecular formula is C12H24N2O. The van der Waals surface area contributed by atoms with E-state index in [1.807, 2.05) is 0 Å². The van der Waals surface area contributed by atoms with E-state index in [2.05, 4.69) is 26.1 Å². The Bertz CT molecular complexity index is 216. The van der Waals surface area contributed by atoms with Gasteiger partial charge in [-0.25, -0.2) is 0 Å². The standard InChI is InChI=1S/C12H24N2O/c1-8(2)4-10(6-13)12(15)14-7-11-5-9(11)3/h8-11H,4-7,13H2,1-3H3,(H,14,15). The fraction of sp³-hybridized carbons (Fsp3) is 0.917. The molecule has 3 heteroatoms. The number of carbonyl (C=O) groups is 1. The lowest BCUT2D eigenvalue weighted by atomic mass is 9.96. The summed E-state index contributed by atoms with van der Waals surface area (Å²) in [5, 5.41) is 3.01. The van der Waals surface area contributed by atoms with Gasteiger partial charge in [0.1, 0.15) is 0 Å². The van der Waals surface area contributed by atoms with Crippen molar-refractivity contribution >= 4 is 5.91 Å². The zero-order chi connectivity index (χ0) is 11.4. The van der Waals surface area contributed by atoms with Gasteiger partial charge in [0.25, 0.3) is 0 Å². The molecule has 1 aliphatic rings. The fourth-order valence-corrected chi connectivity index (χ4v) is 1.94. The number of nitrogens with one attached hydrogen (secondary N) is 1. The van der Waals surface area contributed by atoms with Crippen molar-refractivity contribution in [3.05, 3.63) is 0 Å². The lowest BCUT2D eigenvalue weighted by molar-refractivity contribution is -0.125. The normalized spacial score (nSPS) is 26.5. The Morgan fingerprint density at radius 2 is 2.13 bits per heavy atom. The zero-order valence-electron chi connectivity index (χ0n) is 10.1. The second-order valence-electron chi connectivity index (χ2n) is 5.28. The Labute approximate surface area is 92.8 Å². The molecule has 0 bridgehead atoms. The summed E-state index contributed by atoms with van der Waals surface area (Å²) in [5.74, 6) is 2.19. The van der Waals surface area contributed by atoms with Crippen LogP contribution in [0.15, 0.2) is 0 Å². The first-order valence-corrected chi connectivity index (χ1v) is 6.02. The summed E-state index contributed by atoms with van der Waals surface area (Å²) in [7, 11) is 0. The van der Waals surface area contributed by atoms with Gasteiger partial charge in [0.05, 0.1) is 5.92 Å². The molecule has 0 spiro atoms. The third kappa shape index (κ3) is 4.20. The lowest BCUT2D eigenvalue weighted by Crippen LogP contribution is -2.36. The van der Waals surface area contributed by atoms with Gasteiger partial charge in [-0.2, -0.15) is 0 Å². The Morgan fingerprint density at radius 1 is 1.53 bits per heavy atom. The average Bonchev–Trinajstić information content (AvgIpc) is 2.87. The molecule has 3 N–H and O–H groups in total. The van der Waals surface area contributed by atoms with Crippen LogP contribution in [0.1, 0.15) is 33.6 Å². The Balaban J connectivity index is 2.23. The molecule has 1 amide bonds. The number of carbonyl (C=O) groups excluding carboxylic acids is 1. The fourth-order valence-electron chi connectivity index (χ4n) is 1.94. The van der Waals surface area contributed by atoms with Gasteiger partial charge in [0, 0.05) is 13.1 Å². The second-order valence-corrected chi connectivity index (χ2v) is 5.28. The Kier molecular flexibility index (Phi) is 4.58. The highest BCUT2D eigenvalue weighted by molar-refractivity contribution is 5.78. The van der Waals surface area contributed by atoms with Crippen molar-refractivity contribution in [3.8, 4) is 0 Å². The minimum absolute atomic E-state index is 0.000874. The number of amides is 1. The van der Waals surface area contributed by atoms with E-state index in [0.29, 0.717) is 18.4 Å². The predicted octanol–water partition coefficient (Wildman–Crippen LogP) is 1.38. The maximum absolute atomic E-state index is 11.8. The van der Waals surface area contributed by atoms with Gasteiger partial charge in [-0.05, 0) is 30.6 Å². The van der Waals surface area contributed by atoms with Gasteiger partial charge in [-0.1, -0.05) is 20.8 Å². The van der Waals surface area contributed by atoms with Gasteiger partial charge < -0.3 is 11.1 Å². The molecule has 88 valence electrons. The monoisotopic (exact) mass is 212 g/mol. The van der Waals surface area contributed by atoms with Crippen molar-refractivity contribution in [2.75, 3.05) is 13.1 Å². The Hall–Kier alpha value is -0.570. The third-order valence-corrected chi connectivity index (χ3v) is 3.23. The Morgan fingerprint density at radius 3 is 2.53 bits per heavy atom. The van der Waals surface area contributed by atoms with E-state index in [1.165, 1.54) is 6.42 Å².